The van der Waals surface area contributed by atoms with E-state index in [2.05, 4.69) is 5.32 Å². The second-order valence-corrected chi connectivity index (χ2v) is 7.93. The number of halogens is 1. The van der Waals surface area contributed by atoms with E-state index < -0.39 is 6.04 Å². The predicted octanol–water partition coefficient (Wildman–Crippen LogP) is 4.22. The monoisotopic (exact) mass is 416 g/mol. The number of rotatable bonds is 9. The quantitative estimate of drug-likeness (QED) is 0.665. The molecule has 6 heteroatoms. The number of hydrogen-bond acceptors (Lipinski definition) is 3. The smallest absolute Gasteiger partial charge is 0.261 e. The largest absolute Gasteiger partial charge is 0.484 e. The molecule has 5 nitrogen and oxygen atoms in total. The van der Waals surface area contributed by atoms with Gasteiger partial charge >= 0.3 is 0 Å². The number of nitrogens with zero attached hydrogens (tertiary/aromatic N) is 1. The van der Waals surface area contributed by atoms with Crippen molar-refractivity contribution in [1.82, 2.24) is 10.2 Å². The first-order valence-corrected chi connectivity index (χ1v) is 10.2. The van der Waals surface area contributed by atoms with Crippen LogP contribution >= 0.6 is 11.6 Å². The Labute approximate surface area is 178 Å². The van der Waals surface area contributed by atoms with Gasteiger partial charge in [0.25, 0.3) is 5.91 Å². The highest BCUT2D eigenvalue weighted by atomic mass is 35.5. The third-order valence-corrected chi connectivity index (χ3v) is 4.96. The van der Waals surface area contributed by atoms with Crippen LogP contribution in [0.5, 0.6) is 5.75 Å². The van der Waals surface area contributed by atoms with Crippen LogP contribution in [0.2, 0.25) is 5.02 Å². The van der Waals surface area contributed by atoms with Crippen LogP contribution in [0, 0.1) is 12.8 Å². The summed E-state index contributed by atoms with van der Waals surface area (Å²) < 4.78 is 5.67. The van der Waals surface area contributed by atoms with Gasteiger partial charge in [-0.2, -0.15) is 0 Å². The van der Waals surface area contributed by atoms with Gasteiger partial charge in [0.15, 0.2) is 6.61 Å². The molecule has 1 N–H and O–H groups in total. The Morgan fingerprint density at radius 1 is 1.10 bits per heavy atom. The topological polar surface area (TPSA) is 58.6 Å². The van der Waals surface area contributed by atoms with E-state index in [4.69, 9.17) is 16.3 Å². The molecule has 0 radical (unpaired) electrons. The summed E-state index contributed by atoms with van der Waals surface area (Å²) in [5.74, 6) is 0.469. The normalized spacial score (nSPS) is 11.8. The number of ether oxygens (including phenoxy) is 1. The predicted molar refractivity (Wildman–Crippen MR) is 116 cm³/mol. The first kappa shape index (κ1) is 22.8. The van der Waals surface area contributed by atoms with E-state index in [1.54, 1.807) is 30.0 Å². The average molecular weight is 417 g/mol. The Bertz CT molecular complexity index is 824. The van der Waals surface area contributed by atoms with Crippen LogP contribution in [0.25, 0.3) is 0 Å². The van der Waals surface area contributed by atoms with Gasteiger partial charge in [-0.25, -0.2) is 0 Å². The Hall–Kier alpha value is -2.53. The first-order chi connectivity index (χ1) is 13.8. The summed E-state index contributed by atoms with van der Waals surface area (Å²) in [5, 5.41) is 3.55. The Morgan fingerprint density at radius 2 is 1.79 bits per heavy atom. The zero-order valence-corrected chi connectivity index (χ0v) is 18.2. The fourth-order valence-electron chi connectivity index (χ4n) is 2.75. The molecule has 156 valence electrons. The lowest BCUT2D eigenvalue weighted by Gasteiger charge is -2.29. The molecule has 2 aromatic rings. The number of carbonyl (C=O) groups excluding carboxylic acids is 2. The van der Waals surface area contributed by atoms with E-state index in [-0.39, 0.29) is 18.4 Å². The van der Waals surface area contributed by atoms with Crippen LogP contribution in [-0.4, -0.2) is 35.9 Å². The molecule has 0 saturated heterocycles. The fourth-order valence-corrected chi connectivity index (χ4v) is 2.87. The highest BCUT2D eigenvalue weighted by Gasteiger charge is 2.26. The van der Waals surface area contributed by atoms with E-state index in [0.29, 0.717) is 29.8 Å². The summed E-state index contributed by atoms with van der Waals surface area (Å²) in [4.78, 5) is 27.1. The van der Waals surface area contributed by atoms with Gasteiger partial charge in [0.1, 0.15) is 11.8 Å². The van der Waals surface area contributed by atoms with Gasteiger partial charge in [-0.05, 0) is 49.1 Å². The van der Waals surface area contributed by atoms with Crippen molar-refractivity contribution in [1.29, 1.82) is 0 Å². The average Bonchev–Trinajstić information content (AvgIpc) is 2.71. The van der Waals surface area contributed by atoms with Crippen LogP contribution < -0.4 is 10.1 Å². The molecular formula is C23H29ClN2O3. The number of carbonyl (C=O) groups is 2. The Morgan fingerprint density at radius 3 is 2.41 bits per heavy atom. The Kier molecular flexibility index (Phi) is 8.52. The molecular weight excluding hydrogens is 388 g/mol. The SMILES string of the molecule is Cc1cc(OCC(=O)N(Cc2ccccc2)C(C)C(=O)NCC(C)C)ccc1Cl. The van der Waals surface area contributed by atoms with Crippen LogP contribution in [0.15, 0.2) is 48.5 Å². The third kappa shape index (κ3) is 7.09. The number of nitrogens with one attached hydrogen (secondary N) is 1. The van der Waals surface area contributed by atoms with Crippen molar-refractivity contribution in [3.8, 4) is 5.75 Å². The minimum atomic E-state index is -0.614. The second-order valence-electron chi connectivity index (χ2n) is 7.52. The zero-order valence-electron chi connectivity index (χ0n) is 17.4. The van der Waals surface area contributed by atoms with Gasteiger partial charge < -0.3 is 15.0 Å². The molecule has 0 saturated carbocycles. The molecule has 2 amide bonds. The van der Waals surface area contributed by atoms with Crippen molar-refractivity contribution in [3.63, 3.8) is 0 Å². The van der Waals surface area contributed by atoms with Crippen LogP contribution in [0.1, 0.15) is 31.9 Å². The van der Waals surface area contributed by atoms with Gasteiger partial charge in [0.05, 0.1) is 0 Å². The maximum absolute atomic E-state index is 13.0. The molecule has 2 rings (SSSR count). The van der Waals surface area contributed by atoms with Gasteiger partial charge in [-0.1, -0.05) is 55.8 Å². The number of aryl methyl sites for hydroxylation is 1. The van der Waals surface area contributed by atoms with E-state index in [0.717, 1.165) is 11.1 Å². The molecule has 0 bridgehead atoms. The van der Waals surface area contributed by atoms with Crippen LogP contribution in [-0.2, 0) is 16.1 Å². The van der Waals surface area contributed by atoms with Crippen molar-refractivity contribution in [2.75, 3.05) is 13.2 Å². The van der Waals surface area contributed by atoms with Crippen molar-refractivity contribution >= 4 is 23.4 Å². The summed E-state index contributed by atoms with van der Waals surface area (Å²) >= 11 is 6.04. The maximum atomic E-state index is 13.0. The van der Waals surface area contributed by atoms with E-state index >= 15 is 0 Å². The molecule has 0 aliphatic carbocycles. The molecule has 0 aromatic heterocycles. The second kappa shape index (κ2) is 10.9. The highest BCUT2D eigenvalue weighted by Crippen LogP contribution is 2.21. The lowest BCUT2D eigenvalue weighted by atomic mass is 10.1. The summed E-state index contributed by atoms with van der Waals surface area (Å²) in [7, 11) is 0. The molecule has 1 unspecified atom stereocenters. The van der Waals surface area contributed by atoms with Crippen LogP contribution in [0.4, 0.5) is 0 Å². The minimum Gasteiger partial charge on any atom is -0.484 e. The standard InChI is InChI=1S/C23H29ClN2O3/c1-16(2)13-25-23(28)18(4)26(14-19-8-6-5-7-9-19)22(27)15-29-20-10-11-21(24)17(3)12-20/h5-12,16,18H,13-15H2,1-4H3,(H,25,28). The molecule has 1 atom stereocenters. The summed E-state index contributed by atoms with van der Waals surface area (Å²) in [6, 6.07) is 14.2. The first-order valence-electron chi connectivity index (χ1n) is 9.78. The molecule has 0 aliphatic rings. The lowest BCUT2D eigenvalue weighted by Crippen LogP contribution is -2.49. The molecule has 29 heavy (non-hydrogen) atoms. The zero-order chi connectivity index (χ0) is 21.4. The lowest BCUT2D eigenvalue weighted by molar-refractivity contribution is -0.142. The third-order valence-electron chi connectivity index (χ3n) is 4.54. The van der Waals surface area contributed by atoms with Crippen LogP contribution in [0.3, 0.4) is 0 Å². The number of amides is 2. The highest BCUT2D eigenvalue weighted by molar-refractivity contribution is 6.31. The van der Waals surface area contributed by atoms with Crippen molar-refractivity contribution in [3.05, 3.63) is 64.7 Å². The van der Waals surface area contributed by atoms with Crippen molar-refractivity contribution < 1.29 is 14.3 Å². The number of benzene rings is 2. The molecule has 0 aliphatic heterocycles. The minimum absolute atomic E-state index is 0.157. The summed E-state index contributed by atoms with van der Waals surface area (Å²) in [5.41, 5.74) is 1.82. The molecule has 0 fully saturated rings. The van der Waals surface area contributed by atoms with Crippen molar-refractivity contribution in [2.24, 2.45) is 5.92 Å². The maximum Gasteiger partial charge on any atom is 0.261 e. The molecule has 0 heterocycles. The van der Waals surface area contributed by atoms with E-state index in [1.807, 2.05) is 51.1 Å². The van der Waals surface area contributed by atoms with E-state index in [9.17, 15) is 9.59 Å². The summed E-state index contributed by atoms with van der Waals surface area (Å²) in [6.45, 7) is 8.41. The van der Waals surface area contributed by atoms with Gasteiger partial charge in [0.2, 0.25) is 5.91 Å². The fraction of sp³-hybridized carbons (Fsp3) is 0.391. The Balaban J connectivity index is 2.10. The number of hydrogen-bond donors (Lipinski definition) is 1. The van der Waals surface area contributed by atoms with Gasteiger partial charge in [-0.3, -0.25) is 9.59 Å². The molecule has 0 spiro atoms. The van der Waals surface area contributed by atoms with Gasteiger partial charge in [-0.15, -0.1) is 0 Å². The summed E-state index contributed by atoms with van der Waals surface area (Å²) in [6.07, 6.45) is 0. The van der Waals surface area contributed by atoms with Crippen molar-refractivity contribution in [2.45, 2.75) is 40.3 Å². The molecule has 2 aromatic carbocycles. The van der Waals surface area contributed by atoms with E-state index in [1.165, 1.54) is 0 Å². The van der Waals surface area contributed by atoms with Gasteiger partial charge in [0, 0.05) is 18.1 Å².